The molecule has 0 aliphatic carbocycles. The van der Waals surface area contributed by atoms with Crippen molar-refractivity contribution >= 4 is 5.82 Å². The van der Waals surface area contributed by atoms with Crippen LogP contribution in [0.1, 0.15) is 39.5 Å². The van der Waals surface area contributed by atoms with E-state index in [2.05, 4.69) is 17.2 Å². The van der Waals surface area contributed by atoms with Gasteiger partial charge in [0.1, 0.15) is 0 Å². The van der Waals surface area contributed by atoms with Crippen molar-refractivity contribution in [3.63, 3.8) is 0 Å². The Morgan fingerprint density at radius 2 is 2.12 bits per heavy atom. The molecule has 0 saturated carbocycles. The second-order valence-corrected chi connectivity index (χ2v) is 3.85. The highest BCUT2D eigenvalue weighted by Gasteiger charge is 2.01. The SMILES string of the molecule is CCCCCCNc1nccn(CC)c1=O. The van der Waals surface area contributed by atoms with Gasteiger partial charge in [-0.1, -0.05) is 26.2 Å². The molecule has 16 heavy (non-hydrogen) atoms. The molecule has 0 aliphatic heterocycles. The molecule has 0 unspecified atom stereocenters. The lowest BCUT2D eigenvalue weighted by Gasteiger charge is -2.06. The summed E-state index contributed by atoms with van der Waals surface area (Å²) in [7, 11) is 0. The lowest BCUT2D eigenvalue weighted by molar-refractivity contribution is 0.680. The van der Waals surface area contributed by atoms with E-state index in [1.54, 1.807) is 17.0 Å². The molecular weight excluding hydrogens is 202 g/mol. The Balaban J connectivity index is 2.45. The van der Waals surface area contributed by atoms with Crippen LogP contribution in [0.15, 0.2) is 17.2 Å². The van der Waals surface area contributed by atoms with Crippen LogP contribution in [-0.4, -0.2) is 16.1 Å². The second-order valence-electron chi connectivity index (χ2n) is 3.85. The van der Waals surface area contributed by atoms with Crippen molar-refractivity contribution in [3.05, 3.63) is 22.7 Å². The third-order valence-corrected chi connectivity index (χ3v) is 2.58. The predicted octanol–water partition coefficient (Wildman–Crippen LogP) is 2.26. The monoisotopic (exact) mass is 223 g/mol. The fourth-order valence-corrected chi connectivity index (χ4v) is 1.58. The van der Waals surface area contributed by atoms with Gasteiger partial charge in [-0.3, -0.25) is 4.79 Å². The molecule has 0 radical (unpaired) electrons. The molecule has 0 spiro atoms. The molecule has 4 nitrogen and oxygen atoms in total. The molecule has 0 aliphatic rings. The van der Waals surface area contributed by atoms with Gasteiger partial charge >= 0.3 is 0 Å². The van der Waals surface area contributed by atoms with Crippen molar-refractivity contribution < 1.29 is 0 Å². The zero-order chi connectivity index (χ0) is 11.8. The average molecular weight is 223 g/mol. The zero-order valence-corrected chi connectivity index (χ0v) is 10.2. The molecule has 1 aromatic heterocycles. The van der Waals surface area contributed by atoms with Crippen molar-refractivity contribution in [1.82, 2.24) is 9.55 Å². The van der Waals surface area contributed by atoms with Gasteiger partial charge in [-0.25, -0.2) is 4.98 Å². The topological polar surface area (TPSA) is 46.9 Å². The summed E-state index contributed by atoms with van der Waals surface area (Å²) < 4.78 is 1.65. The molecule has 1 rings (SSSR count). The first kappa shape index (κ1) is 12.7. The Morgan fingerprint density at radius 1 is 1.31 bits per heavy atom. The van der Waals surface area contributed by atoms with Crippen molar-refractivity contribution in [1.29, 1.82) is 0 Å². The lowest BCUT2D eigenvalue weighted by Crippen LogP contribution is -2.24. The van der Waals surface area contributed by atoms with Crippen molar-refractivity contribution in [2.45, 2.75) is 46.1 Å². The first-order valence-corrected chi connectivity index (χ1v) is 6.09. The standard InChI is InChI=1S/C12H21N3O/c1-3-5-6-7-8-13-11-12(16)15(4-2)10-9-14-11/h9-10H,3-8H2,1-2H3,(H,13,14). The van der Waals surface area contributed by atoms with Gasteiger partial charge < -0.3 is 9.88 Å². The van der Waals surface area contributed by atoms with Crippen molar-refractivity contribution in [2.75, 3.05) is 11.9 Å². The summed E-state index contributed by atoms with van der Waals surface area (Å²) in [5, 5.41) is 3.10. The van der Waals surface area contributed by atoms with Gasteiger partial charge in [0.15, 0.2) is 5.82 Å². The van der Waals surface area contributed by atoms with Crippen LogP contribution in [-0.2, 0) is 6.54 Å². The van der Waals surface area contributed by atoms with E-state index in [0.717, 1.165) is 13.0 Å². The van der Waals surface area contributed by atoms with Crippen LogP contribution in [0.4, 0.5) is 5.82 Å². The maximum atomic E-state index is 11.8. The van der Waals surface area contributed by atoms with Crippen LogP contribution in [0.25, 0.3) is 0 Å². The summed E-state index contributed by atoms with van der Waals surface area (Å²) in [6.07, 6.45) is 8.16. The molecule has 0 amide bonds. The van der Waals surface area contributed by atoms with Gasteiger partial charge in [-0.2, -0.15) is 0 Å². The quantitative estimate of drug-likeness (QED) is 0.721. The number of nitrogens with zero attached hydrogens (tertiary/aromatic N) is 2. The summed E-state index contributed by atoms with van der Waals surface area (Å²) in [6.45, 7) is 5.65. The predicted molar refractivity (Wildman–Crippen MR) is 66.8 cm³/mol. The molecule has 0 saturated heterocycles. The third-order valence-electron chi connectivity index (χ3n) is 2.58. The number of rotatable bonds is 7. The number of aryl methyl sites for hydroxylation is 1. The molecule has 0 bridgehead atoms. The third kappa shape index (κ3) is 3.68. The zero-order valence-electron chi connectivity index (χ0n) is 10.2. The maximum absolute atomic E-state index is 11.8. The molecule has 0 aromatic carbocycles. The minimum Gasteiger partial charge on any atom is -0.365 e. The van der Waals surface area contributed by atoms with Crippen LogP contribution in [0.5, 0.6) is 0 Å². The summed E-state index contributed by atoms with van der Waals surface area (Å²) in [4.78, 5) is 15.8. The van der Waals surface area contributed by atoms with Gasteiger partial charge in [0.2, 0.25) is 0 Å². The highest BCUT2D eigenvalue weighted by Crippen LogP contribution is 1.99. The molecule has 0 fully saturated rings. The summed E-state index contributed by atoms with van der Waals surface area (Å²) in [5.41, 5.74) is -0.0273. The number of unbranched alkanes of at least 4 members (excludes halogenated alkanes) is 3. The number of anilines is 1. The molecule has 0 atom stereocenters. The van der Waals surface area contributed by atoms with Gasteiger partial charge in [-0.15, -0.1) is 0 Å². The van der Waals surface area contributed by atoms with E-state index in [4.69, 9.17) is 0 Å². The van der Waals surface area contributed by atoms with Gasteiger partial charge in [-0.05, 0) is 13.3 Å². The van der Waals surface area contributed by atoms with Gasteiger partial charge in [0, 0.05) is 25.5 Å². The first-order chi connectivity index (χ1) is 7.79. The molecule has 1 aromatic rings. The molecule has 1 N–H and O–H groups in total. The van der Waals surface area contributed by atoms with Gasteiger partial charge in [0.05, 0.1) is 0 Å². The maximum Gasteiger partial charge on any atom is 0.293 e. The minimum atomic E-state index is -0.0273. The number of nitrogens with one attached hydrogen (secondary N) is 1. The highest BCUT2D eigenvalue weighted by atomic mass is 16.1. The smallest absolute Gasteiger partial charge is 0.293 e. The molecule has 1 heterocycles. The first-order valence-electron chi connectivity index (χ1n) is 6.09. The Bertz CT molecular complexity index is 360. The normalized spacial score (nSPS) is 10.4. The van der Waals surface area contributed by atoms with Crippen LogP contribution >= 0.6 is 0 Å². The fraction of sp³-hybridized carbons (Fsp3) is 0.667. The largest absolute Gasteiger partial charge is 0.365 e. The minimum absolute atomic E-state index is 0.0273. The lowest BCUT2D eigenvalue weighted by atomic mass is 10.2. The van der Waals surface area contributed by atoms with E-state index in [-0.39, 0.29) is 5.56 Å². The van der Waals surface area contributed by atoms with Crippen LogP contribution < -0.4 is 10.9 Å². The number of hydrogen-bond donors (Lipinski definition) is 1. The number of aromatic nitrogens is 2. The van der Waals surface area contributed by atoms with E-state index in [1.807, 2.05) is 6.92 Å². The van der Waals surface area contributed by atoms with E-state index in [9.17, 15) is 4.79 Å². The van der Waals surface area contributed by atoms with Crippen LogP contribution in [0.2, 0.25) is 0 Å². The summed E-state index contributed by atoms with van der Waals surface area (Å²) in [5.74, 6) is 0.473. The Kier molecular flexibility index (Phi) is 5.61. The average Bonchev–Trinajstić information content (AvgIpc) is 2.31. The summed E-state index contributed by atoms with van der Waals surface area (Å²) >= 11 is 0. The highest BCUT2D eigenvalue weighted by molar-refractivity contribution is 5.30. The summed E-state index contributed by atoms with van der Waals surface area (Å²) in [6, 6.07) is 0. The molecule has 4 heteroatoms. The van der Waals surface area contributed by atoms with E-state index in [0.29, 0.717) is 12.4 Å². The van der Waals surface area contributed by atoms with Crippen LogP contribution in [0.3, 0.4) is 0 Å². The second kappa shape index (κ2) is 7.04. The Hall–Kier alpha value is -1.32. The fourth-order valence-electron chi connectivity index (χ4n) is 1.58. The number of hydrogen-bond acceptors (Lipinski definition) is 3. The van der Waals surface area contributed by atoms with E-state index < -0.39 is 0 Å². The Morgan fingerprint density at radius 3 is 2.81 bits per heavy atom. The van der Waals surface area contributed by atoms with E-state index >= 15 is 0 Å². The Labute approximate surface area is 96.7 Å². The molecular formula is C12H21N3O. The van der Waals surface area contributed by atoms with E-state index in [1.165, 1.54) is 19.3 Å². The van der Waals surface area contributed by atoms with Crippen LogP contribution in [0, 0.1) is 0 Å². The van der Waals surface area contributed by atoms with Gasteiger partial charge in [0.25, 0.3) is 5.56 Å². The molecule has 90 valence electrons. The van der Waals surface area contributed by atoms with Crippen molar-refractivity contribution in [2.24, 2.45) is 0 Å². The van der Waals surface area contributed by atoms with Crippen molar-refractivity contribution in [3.8, 4) is 0 Å².